The normalized spacial score (nSPS) is 13.9. The number of hydrogen-bond acceptors (Lipinski definition) is 3. The second kappa shape index (κ2) is 7.58. The molecular formula is C11H14N2O2. The first kappa shape index (κ1) is 13.2. The van der Waals surface area contributed by atoms with Crippen LogP contribution in [-0.4, -0.2) is 11.1 Å². The zero-order valence-electron chi connectivity index (χ0n) is 8.79. The number of hydrogen-bond donors (Lipinski definition) is 1. The predicted octanol–water partition coefficient (Wildman–Crippen LogP) is 2.39. The van der Waals surface area contributed by atoms with Crippen molar-refractivity contribution in [1.82, 2.24) is 0 Å². The highest BCUT2D eigenvalue weighted by atomic mass is 16.4. The summed E-state index contributed by atoms with van der Waals surface area (Å²) in [5.41, 5.74) is 1.42. The van der Waals surface area contributed by atoms with Crippen LogP contribution in [0.1, 0.15) is 39.0 Å². The van der Waals surface area contributed by atoms with Crippen molar-refractivity contribution in [1.29, 1.82) is 10.5 Å². The Morgan fingerprint density at radius 3 is 1.93 bits per heavy atom. The number of carboxylic acids is 1. The molecular weight excluding hydrogens is 192 g/mol. The second-order valence-corrected chi connectivity index (χ2v) is 3.28. The minimum Gasteiger partial charge on any atom is -0.481 e. The molecule has 1 saturated carbocycles. The fraction of sp³-hybridized carbons (Fsp3) is 0.545. The van der Waals surface area contributed by atoms with E-state index in [-0.39, 0.29) is 0 Å². The van der Waals surface area contributed by atoms with Crippen molar-refractivity contribution >= 4 is 5.97 Å². The summed E-state index contributed by atoms with van der Waals surface area (Å²) in [6, 6.07) is 3.88. The number of nitrogens with zero attached hydrogens (tertiary/aromatic N) is 2. The molecule has 4 heteroatoms. The Kier molecular flexibility index (Phi) is 6.67. The number of rotatable bonds is 0. The van der Waals surface area contributed by atoms with E-state index >= 15 is 0 Å². The highest BCUT2D eigenvalue weighted by Crippen LogP contribution is 2.24. The van der Waals surface area contributed by atoms with Crippen LogP contribution < -0.4 is 0 Å². The molecule has 4 nitrogen and oxygen atoms in total. The first-order valence-corrected chi connectivity index (χ1v) is 4.83. The van der Waals surface area contributed by atoms with Crippen molar-refractivity contribution in [2.24, 2.45) is 0 Å². The lowest BCUT2D eigenvalue weighted by atomic mass is 9.92. The molecule has 1 N–H and O–H groups in total. The Balaban J connectivity index is 0.000000423. The van der Waals surface area contributed by atoms with Gasteiger partial charge in [0, 0.05) is 6.92 Å². The number of allylic oxidation sites excluding steroid dienone is 2. The van der Waals surface area contributed by atoms with Crippen LogP contribution in [0.15, 0.2) is 11.1 Å². The van der Waals surface area contributed by atoms with Crippen LogP contribution in [0.2, 0.25) is 0 Å². The largest absolute Gasteiger partial charge is 0.481 e. The molecule has 0 aromatic heterocycles. The summed E-state index contributed by atoms with van der Waals surface area (Å²) < 4.78 is 0. The summed E-state index contributed by atoms with van der Waals surface area (Å²) in [5.74, 6) is -0.833. The highest BCUT2D eigenvalue weighted by molar-refractivity contribution is 5.62. The van der Waals surface area contributed by atoms with E-state index in [1.807, 2.05) is 12.1 Å². The van der Waals surface area contributed by atoms with Crippen molar-refractivity contribution in [2.75, 3.05) is 0 Å². The molecule has 1 aliphatic carbocycles. The van der Waals surface area contributed by atoms with Crippen LogP contribution in [-0.2, 0) is 4.79 Å². The van der Waals surface area contributed by atoms with Crippen molar-refractivity contribution in [3.63, 3.8) is 0 Å². The molecule has 0 saturated heterocycles. The smallest absolute Gasteiger partial charge is 0.300 e. The van der Waals surface area contributed by atoms with E-state index in [4.69, 9.17) is 20.4 Å². The minimum atomic E-state index is -0.833. The van der Waals surface area contributed by atoms with Gasteiger partial charge in [-0.3, -0.25) is 4.79 Å². The number of nitriles is 2. The van der Waals surface area contributed by atoms with E-state index in [9.17, 15) is 0 Å². The van der Waals surface area contributed by atoms with Gasteiger partial charge in [0.1, 0.15) is 17.7 Å². The topological polar surface area (TPSA) is 84.9 Å². The van der Waals surface area contributed by atoms with E-state index in [0.29, 0.717) is 5.57 Å². The number of carbonyl (C=O) groups is 1. The molecule has 0 unspecified atom stereocenters. The molecule has 1 aliphatic rings. The van der Waals surface area contributed by atoms with E-state index in [1.54, 1.807) is 0 Å². The van der Waals surface area contributed by atoms with Gasteiger partial charge in [-0.25, -0.2) is 0 Å². The van der Waals surface area contributed by atoms with E-state index in [1.165, 1.54) is 6.42 Å². The van der Waals surface area contributed by atoms with E-state index < -0.39 is 5.97 Å². The van der Waals surface area contributed by atoms with E-state index in [0.717, 1.165) is 38.2 Å². The van der Waals surface area contributed by atoms with Gasteiger partial charge >= 0.3 is 0 Å². The third kappa shape index (κ3) is 6.29. The monoisotopic (exact) mass is 206 g/mol. The third-order valence-electron chi connectivity index (χ3n) is 2.03. The quantitative estimate of drug-likeness (QED) is 0.616. The lowest BCUT2D eigenvalue weighted by Crippen LogP contribution is -1.96. The van der Waals surface area contributed by atoms with E-state index in [2.05, 4.69) is 0 Å². The fourth-order valence-corrected chi connectivity index (χ4v) is 1.41. The molecule has 0 aromatic rings. The molecule has 0 atom stereocenters. The molecule has 0 spiro atoms. The fourth-order valence-electron chi connectivity index (χ4n) is 1.41. The first-order chi connectivity index (χ1) is 7.11. The van der Waals surface area contributed by atoms with Gasteiger partial charge in [-0.05, 0) is 31.3 Å². The summed E-state index contributed by atoms with van der Waals surface area (Å²) in [6.07, 6.45) is 5.44. The van der Waals surface area contributed by atoms with Crippen molar-refractivity contribution in [3.05, 3.63) is 11.1 Å². The summed E-state index contributed by atoms with van der Waals surface area (Å²) in [7, 11) is 0. The van der Waals surface area contributed by atoms with Crippen LogP contribution in [0, 0.1) is 22.7 Å². The van der Waals surface area contributed by atoms with Gasteiger partial charge in [-0.1, -0.05) is 6.42 Å². The minimum absolute atomic E-state index is 0.352. The number of carboxylic acid groups (broad SMARTS) is 1. The number of aliphatic carboxylic acids is 1. The SMILES string of the molecule is CC(=O)O.N#CC(C#N)=C1CCCCC1. The molecule has 0 bridgehead atoms. The Hall–Kier alpha value is -1.81. The van der Waals surface area contributed by atoms with Gasteiger partial charge in [-0.15, -0.1) is 0 Å². The van der Waals surface area contributed by atoms with Crippen molar-refractivity contribution < 1.29 is 9.90 Å². The highest BCUT2D eigenvalue weighted by Gasteiger charge is 2.09. The molecule has 0 aliphatic heterocycles. The van der Waals surface area contributed by atoms with Gasteiger partial charge in [-0.2, -0.15) is 10.5 Å². The lowest BCUT2D eigenvalue weighted by Gasteiger charge is -2.12. The van der Waals surface area contributed by atoms with Gasteiger partial charge in [0.15, 0.2) is 0 Å². The molecule has 0 aromatic carbocycles. The lowest BCUT2D eigenvalue weighted by molar-refractivity contribution is -0.134. The van der Waals surface area contributed by atoms with Gasteiger partial charge in [0.2, 0.25) is 0 Å². The van der Waals surface area contributed by atoms with Gasteiger partial charge in [0.25, 0.3) is 5.97 Å². The van der Waals surface area contributed by atoms with Crippen LogP contribution >= 0.6 is 0 Å². The first-order valence-electron chi connectivity index (χ1n) is 4.83. The maximum atomic E-state index is 9.00. The van der Waals surface area contributed by atoms with Crippen LogP contribution in [0.3, 0.4) is 0 Å². The summed E-state index contributed by atoms with van der Waals surface area (Å²) in [6.45, 7) is 1.08. The molecule has 1 rings (SSSR count). The molecule has 0 heterocycles. The predicted molar refractivity (Wildman–Crippen MR) is 54.6 cm³/mol. The Labute approximate surface area is 89.4 Å². The maximum absolute atomic E-state index is 9.00. The van der Waals surface area contributed by atoms with Gasteiger partial charge < -0.3 is 5.11 Å². The Morgan fingerprint density at radius 1 is 1.20 bits per heavy atom. The molecule has 1 fully saturated rings. The third-order valence-corrected chi connectivity index (χ3v) is 2.03. The average molecular weight is 206 g/mol. The van der Waals surface area contributed by atoms with Crippen LogP contribution in [0.5, 0.6) is 0 Å². The van der Waals surface area contributed by atoms with Crippen molar-refractivity contribution in [3.8, 4) is 12.1 Å². The molecule has 80 valence electrons. The van der Waals surface area contributed by atoms with Gasteiger partial charge in [0.05, 0.1) is 0 Å². The van der Waals surface area contributed by atoms with Crippen molar-refractivity contribution in [2.45, 2.75) is 39.0 Å². The summed E-state index contributed by atoms with van der Waals surface area (Å²) >= 11 is 0. The molecule has 15 heavy (non-hydrogen) atoms. The molecule has 0 radical (unpaired) electrons. The molecule has 0 amide bonds. The second-order valence-electron chi connectivity index (χ2n) is 3.28. The zero-order valence-corrected chi connectivity index (χ0v) is 8.79. The summed E-state index contributed by atoms with van der Waals surface area (Å²) in [5, 5.41) is 24.5. The summed E-state index contributed by atoms with van der Waals surface area (Å²) in [4.78, 5) is 9.00. The maximum Gasteiger partial charge on any atom is 0.300 e. The standard InChI is InChI=1S/C9H10N2.C2H4O2/c10-6-9(7-11)8-4-2-1-3-5-8;1-2(3)4/h1-5H2;1H3,(H,3,4). The Morgan fingerprint density at radius 2 is 1.60 bits per heavy atom. The Bertz CT molecular complexity index is 303. The average Bonchev–Trinajstić information content (AvgIpc) is 2.20. The zero-order chi connectivity index (χ0) is 11.7. The van der Waals surface area contributed by atoms with Crippen LogP contribution in [0.4, 0.5) is 0 Å². The van der Waals surface area contributed by atoms with Crippen LogP contribution in [0.25, 0.3) is 0 Å².